The van der Waals surface area contributed by atoms with Gasteiger partial charge in [-0.05, 0) is 38.0 Å². The predicted molar refractivity (Wildman–Crippen MR) is 67.5 cm³/mol. The van der Waals surface area contributed by atoms with Crippen molar-refractivity contribution in [2.24, 2.45) is 5.92 Å². The molecule has 2 saturated carbocycles. The molecule has 0 heterocycles. The zero-order valence-electron chi connectivity index (χ0n) is 10.7. The Bertz CT molecular complexity index is 197. The first-order valence-corrected chi connectivity index (χ1v) is 7.21. The van der Waals surface area contributed by atoms with Crippen LogP contribution in [0.3, 0.4) is 0 Å². The van der Waals surface area contributed by atoms with Crippen molar-refractivity contribution < 1.29 is 5.11 Å². The Kier molecular flexibility index (Phi) is 4.66. The quantitative estimate of drug-likeness (QED) is 0.751. The third-order valence-electron chi connectivity index (χ3n) is 4.20. The van der Waals surface area contributed by atoms with E-state index in [9.17, 15) is 5.11 Å². The van der Waals surface area contributed by atoms with Crippen LogP contribution in [-0.4, -0.2) is 35.2 Å². The Labute approximate surface area is 100 Å². The van der Waals surface area contributed by atoms with E-state index in [0.717, 1.165) is 24.9 Å². The third-order valence-corrected chi connectivity index (χ3v) is 4.20. The van der Waals surface area contributed by atoms with Gasteiger partial charge in [-0.3, -0.25) is 4.90 Å². The van der Waals surface area contributed by atoms with Crippen molar-refractivity contribution in [3.63, 3.8) is 0 Å². The molecule has 0 spiro atoms. The van der Waals surface area contributed by atoms with Crippen molar-refractivity contribution in [3.8, 4) is 0 Å². The summed E-state index contributed by atoms with van der Waals surface area (Å²) in [6.45, 7) is 4.25. The van der Waals surface area contributed by atoms with E-state index in [1.54, 1.807) is 0 Å². The summed E-state index contributed by atoms with van der Waals surface area (Å²) < 4.78 is 0. The Hall–Kier alpha value is -0.0800. The largest absolute Gasteiger partial charge is 0.392 e. The molecule has 94 valence electrons. The monoisotopic (exact) mass is 225 g/mol. The fourth-order valence-electron chi connectivity index (χ4n) is 2.85. The second-order valence-electron chi connectivity index (χ2n) is 5.75. The molecule has 0 radical (unpaired) electrons. The Morgan fingerprint density at radius 2 is 1.81 bits per heavy atom. The summed E-state index contributed by atoms with van der Waals surface area (Å²) in [5.41, 5.74) is 0. The van der Waals surface area contributed by atoms with Gasteiger partial charge in [0.05, 0.1) is 6.10 Å². The topological polar surface area (TPSA) is 23.5 Å². The fourth-order valence-corrected chi connectivity index (χ4v) is 2.85. The van der Waals surface area contributed by atoms with Gasteiger partial charge in [-0.2, -0.15) is 0 Å². The van der Waals surface area contributed by atoms with E-state index in [4.69, 9.17) is 0 Å². The van der Waals surface area contributed by atoms with Gasteiger partial charge in [-0.25, -0.2) is 0 Å². The van der Waals surface area contributed by atoms with Crippen LogP contribution in [0.2, 0.25) is 0 Å². The molecule has 2 nitrogen and oxygen atoms in total. The summed E-state index contributed by atoms with van der Waals surface area (Å²) >= 11 is 0. The molecule has 2 heteroatoms. The lowest BCUT2D eigenvalue weighted by atomic mass is 9.93. The van der Waals surface area contributed by atoms with Gasteiger partial charge in [-0.1, -0.05) is 26.2 Å². The lowest BCUT2D eigenvalue weighted by Gasteiger charge is -2.35. The molecule has 0 amide bonds. The number of aliphatic hydroxyl groups excluding tert-OH is 1. The zero-order chi connectivity index (χ0) is 11.4. The molecule has 0 aliphatic heterocycles. The molecule has 2 rings (SSSR count). The second-order valence-corrected chi connectivity index (χ2v) is 5.75. The molecule has 0 aromatic carbocycles. The molecular formula is C14H27NO. The van der Waals surface area contributed by atoms with Crippen LogP contribution in [0.5, 0.6) is 0 Å². The highest BCUT2D eigenvalue weighted by Crippen LogP contribution is 2.32. The first kappa shape index (κ1) is 12.4. The molecule has 0 unspecified atom stereocenters. The summed E-state index contributed by atoms with van der Waals surface area (Å²) in [7, 11) is 0. The Balaban J connectivity index is 1.83. The average Bonchev–Trinajstić information content (AvgIpc) is 3.13. The molecule has 1 N–H and O–H groups in total. The van der Waals surface area contributed by atoms with Crippen LogP contribution in [0.1, 0.15) is 58.3 Å². The highest BCUT2D eigenvalue weighted by atomic mass is 16.3. The average molecular weight is 225 g/mol. The predicted octanol–water partition coefficient (Wildman–Crippen LogP) is 2.80. The first-order chi connectivity index (χ1) is 7.79. The summed E-state index contributed by atoms with van der Waals surface area (Å²) in [5, 5.41) is 9.85. The smallest absolute Gasteiger partial charge is 0.0664 e. The normalized spacial score (nSPS) is 24.9. The van der Waals surface area contributed by atoms with Gasteiger partial charge in [-0.15, -0.1) is 0 Å². The van der Waals surface area contributed by atoms with E-state index in [0.29, 0.717) is 0 Å². The van der Waals surface area contributed by atoms with Crippen LogP contribution in [0.15, 0.2) is 0 Å². The van der Waals surface area contributed by atoms with Crippen molar-refractivity contribution in [2.45, 2.75) is 70.4 Å². The van der Waals surface area contributed by atoms with Crippen LogP contribution in [0.4, 0.5) is 0 Å². The maximum absolute atomic E-state index is 9.85. The molecule has 0 aromatic rings. The van der Waals surface area contributed by atoms with Crippen LogP contribution < -0.4 is 0 Å². The van der Waals surface area contributed by atoms with E-state index in [1.165, 1.54) is 51.5 Å². The van der Waals surface area contributed by atoms with Gasteiger partial charge in [0, 0.05) is 19.1 Å². The maximum Gasteiger partial charge on any atom is 0.0664 e. The van der Waals surface area contributed by atoms with E-state index in [2.05, 4.69) is 11.8 Å². The van der Waals surface area contributed by atoms with Gasteiger partial charge in [0.1, 0.15) is 0 Å². The van der Waals surface area contributed by atoms with Gasteiger partial charge in [0.25, 0.3) is 0 Å². The van der Waals surface area contributed by atoms with Crippen LogP contribution >= 0.6 is 0 Å². The van der Waals surface area contributed by atoms with Crippen molar-refractivity contribution in [2.75, 3.05) is 13.1 Å². The first-order valence-electron chi connectivity index (χ1n) is 7.21. The molecule has 0 saturated heterocycles. The highest BCUT2D eigenvalue weighted by molar-refractivity contribution is 4.83. The maximum atomic E-state index is 9.85. The van der Waals surface area contributed by atoms with Gasteiger partial charge < -0.3 is 5.11 Å². The number of hydrogen-bond donors (Lipinski definition) is 1. The zero-order valence-corrected chi connectivity index (χ0v) is 10.7. The lowest BCUT2D eigenvalue weighted by molar-refractivity contribution is 0.0678. The van der Waals surface area contributed by atoms with E-state index >= 15 is 0 Å². The second kappa shape index (κ2) is 6.02. The number of rotatable bonds is 6. The minimum atomic E-state index is -0.110. The molecule has 1 atom stereocenters. The minimum absolute atomic E-state index is 0.110. The third kappa shape index (κ3) is 3.74. The number of aliphatic hydroxyl groups is 1. The van der Waals surface area contributed by atoms with Gasteiger partial charge in [0.15, 0.2) is 0 Å². The lowest BCUT2D eigenvalue weighted by Crippen LogP contribution is -2.42. The Morgan fingerprint density at radius 3 is 2.38 bits per heavy atom. The van der Waals surface area contributed by atoms with E-state index in [-0.39, 0.29) is 6.10 Å². The van der Waals surface area contributed by atoms with Crippen LogP contribution in [-0.2, 0) is 0 Å². The number of hydrogen-bond acceptors (Lipinski definition) is 2. The number of nitrogens with zero attached hydrogens (tertiary/aromatic N) is 1. The molecule has 2 aliphatic carbocycles. The van der Waals surface area contributed by atoms with E-state index < -0.39 is 0 Å². The van der Waals surface area contributed by atoms with Gasteiger partial charge in [0.2, 0.25) is 0 Å². The molecular weight excluding hydrogens is 198 g/mol. The standard InChI is InChI=1S/C14H27NO/c1-2-14(16)11-15(10-12-8-9-12)13-6-4-3-5-7-13/h12-14,16H,2-11H2,1H3/t14-/m1/s1. The Morgan fingerprint density at radius 1 is 1.12 bits per heavy atom. The van der Waals surface area contributed by atoms with Gasteiger partial charge >= 0.3 is 0 Å². The fraction of sp³-hybridized carbons (Fsp3) is 1.00. The molecule has 0 bridgehead atoms. The van der Waals surface area contributed by atoms with Crippen LogP contribution in [0.25, 0.3) is 0 Å². The molecule has 2 aliphatic rings. The summed E-state index contributed by atoms with van der Waals surface area (Å²) in [6.07, 6.45) is 10.6. The molecule has 0 aromatic heterocycles. The van der Waals surface area contributed by atoms with Crippen molar-refractivity contribution >= 4 is 0 Å². The SMILES string of the molecule is CC[C@@H](O)CN(CC1CC1)C1CCCCC1. The van der Waals surface area contributed by atoms with Crippen molar-refractivity contribution in [1.82, 2.24) is 4.90 Å². The summed E-state index contributed by atoms with van der Waals surface area (Å²) in [4.78, 5) is 2.60. The molecule has 2 fully saturated rings. The van der Waals surface area contributed by atoms with Crippen molar-refractivity contribution in [3.05, 3.63) is 0 Å². The summed E-state index contributed by atoms with van der Waals surface area (Å²) in [6, 6.07) is 0.774. The minimum Gasteiger partial charge on any atom is -0.392 e. The molecule has 16 heavy (non-hydrogen) atoms. The van der Waals surface area contributed by atoms with E-state index in [1.807, 2.05) is 0 Å². The highest BCUT2D eigenvalue weighted by Gasteiger charge is 2.29. The summed E-state index contributed by atoms with van der Waals surface area (Å²) in [5.74, 6) is 0.950. The van der Waals surface area contributed by atoms with Crippen LogP contribution in [0, 0.1) is 5.92 Å². The van der Waals surface area contributed by atoms with Crippen molar-refractivity contribution in [1.29, 1.82) is 0 Å².